The molecule has 2 N–H and O–H groups in total. The molecule has 0 aliphatic rings. The van der Waals surface area contributed by atoms with E-state index < -0.39 is 0 Å². The van der Waals surface area contributed by atoms with E-state index >= 15 is 0 Å². The van der Waals surface area contributed by atoms with Crippen molar-refractivity contribution in [3.05, 3.63) is 28.0 Å². The lowest BCUT2D eigenvalue weighted by atomic mass is 10.4. The van der Waals surface area contributed by atoms with Crippen molar-refractivity contribution in [2.24, 2.45) is 0 Å². The van der Waals surface area contributed by atoms with Crippen LogP contribution in [-0.4, -0.2) is 22.0 Å². The van der Waals surface area contributed by atoms with Crippen LogP contribution in [0, 0.1) is 13.8 Å². The van der Waals surface area contributed by atoms with Crippen LogP contribution in [0.1, 0.15) is 17.3 Å². The molecule has 2 aromatic heterocycles. The maximum atomic E-state index is 5.48. The lowest BCUT2D eigenvalue weighted by Gasteiger charge is -2.06. The third-order valence-corrected chi connectivity index (χ3v) is 3.03. The van der Waals surface area contributed by atoms with Gasteiger partial charge in [-0.15, -0.1) is 0 Å². The van der Waals surface area contributed by atoms with Crippen molar-refractivity contribution < 1.29 is 4.42 Å². The number of hydrogen-bond donors (Lipinski definition) is 2. The van der Waals surface area contributed by atoms with E-state index in [4.69, 9.17) is 4.42 Å². The van der Waals surface area contributed by atoms with Crippen LogP contribution in [0.25, 0.3) is 0 Å². The Morgan fingerprint density at radius 3 is 2.72 bits per heavy atom. The molecule has 7 heteroatoms. The number of nitrogens with zero attached hydrogens (tertiary/aromatic N) is 3. The van der Waals surface area contributed by atoms with Gasteiger partial charge in [0.2, 0.25) is 11.8 Å². The molecule has 0 unspecified atom stereocenters. The molecule has 0 aliphatic heterocycles. The molecule has 0 saturated carbocycles. The molecule has 0 atom stereocenters. The summed E-state index contributed by atoms with van der Waals surface area (Å²) in [6.45, 7) is 4.29. The Labute approximate surface area is 113 Å². The zero-order valence-electron chi connectivity index (χ0n) is 10.4. The van der Waals surface area contributed by atoms with E-state index in [1.165, 1.54) is 0 Å². The Morgan fingerprint density at radius 1 is 1.33 bits per heavy atom. The summed E-state index contributed by atoms with van der Waals surface area (Å²) in [6, 6.07) is 0. The van der Waals surface area contributed by atoms with Gasteiger partial charge in [-0.3, -0.25) is 0 Å². The molecule has 2 aromatic rings. The van der Waals surface area contributed by atoms with Crippen molar-refractivity contribution in [3.63, 3.8) is 0 Å². The summed E-state index contributed by atoms with van der Waals surface area (Å²) >= 11 is 3.39. The topological polar surface area (TPSA) is 75.9 Å². The first kappa shape index (κ1) is 12.8. The first-order valence-electron chi connectivity index (χ1n) is 5.47. The molecule has 0 amide bonds. The first-order chi connectivity index (χ1) is 8.60. The Balaban J connectivity index is 2.10. The fourth-order valence-electron chi connectivity index (χ4n) is 1.39. The van der Waals surface area contributed by atoms with Gasteiger partial charge in [-0.05, 0) is 29.8 Å². The van der Waals surface area contributed by atoms with Gasteiger partial charge in [-0.1, -0.05) is 0 Å². The Morgan fingerprint density at radius 2 is 2.11 bits per heavy atom. The second-order valence-corrected chi connectivity index (χ2v) is 4.60. The molecule has 0 spiro atoms. The summed E-state index contributed by atoms with van der Waals surface area (Å²) in [5.41, 5.74) is 0.907. The highest BCUT2D eigenvalue weighted by molar-refractivity contribution is 9.10. The molecular weight excluding hydrogens is 298 g/mol. The van der Waals surface area contributed by atoms with Crippen LogP contribution >= 0.6 is 15.9 Å². The highest BCUT2D eigenvalue weighted by atomic mass is 79.9. The zero-order valence-corrected chi connectivity index (χ0v) is 12.0. The van der Waals surface area contributed by atoms with Gasteiger partial charge in [0.05, 0.1) is 16.7 Å². The number of rotatable bonds is 4. The van der Waals surface area contributed by atoms with Gasteiger partial charge in [0.15, 0.2) is 0 Å². The molecule has 0 aliphatic carbocycles. The summed E-state index contributed by atoms with van der Waals surface area (Å²) in [5.74, 6) is 2.73. The Hall–Kier alpha value is -1.63. The van der Waals surface area contributed by atoms with Crippen molar-refractivity contribution in [1.82, 2.24) is 15.0 Å². The van der Waals surface area contributed by atoms with E-state index in [1.54, 1.807) is 13.2 Å². The third-order valence-electron chi connectivity index (χ3n) is 2.45. The lowest BCUT2D eigenvalue weighted by Crippen LogP contribution is -2.05. The predicted octanol–water partition coefficient (Wildman–Crippen LogP) is 2.50. The monoisotopic (exact) mass is 311 g/mol. The highest BCUT2D eigenvalue weighted by Crippen LogP contribution is 2.20. The number of hydrogen-bond acceptors (Lipinski definition) is 6. The molecule has 0 aromatic carbocycles. The smallest absolute Gasteiger partial charge is 0.224 e. The minimum absolute atomic E-state index is 0.480. The second kappa shape index (κ2) is 5.34. The quantitative estimate of drug-likeness (QED) is 0.903. The number of aromatic nitrogens is 3. The van der Waals surface area contributed by atoms with E-state index in [0.29, 0.717) is 24.2 Å². The normalized spacial score (nSPS) is 10.4. The van der Waals surface area contributed by atoms with Crippen LogP contribution in [-0.2, 0) is 6.54 Å². The minimum atomic E-state index is 0.480. The molecule has 2 heterocycles. The predicted molar refractivity (Wildman–Crippen MR) is 72.6 cm³/mol. The molecular formula is C11H14BrN5O. The summed E-state index contributed by atoms with van der Waals surface area (Å²) in [7, 11) is 1.77. The third kappa shape index (κ3) is 2.79. The number of halogens is 1. The highest BCUT2D eigenvalue weighted by Gasteiger charge is 2.08. The first-order valence-corrected chi connectivity index (χ1v) is 6.26. The number of nitrogens with one attached hydrogen (secondary N) is 2. The van der Waals surface area contributed by atoms with Gasteiger partial charge in [0, 0.05) is 13.2 Å². The summed E-state index contributed by atoms with van der Waals surface area (Å²) in [4.78, 5) is 12.7. The average Bonchev–Trinajstić information content (AvgIpc) is 2.68. The van der Waals surface area contributed by atoms with Gasteiger partial charge < -0.3 is 15.1 Å². The van der Waals surface area contributed by atoms with E-state index in [2.05, 4.69) is 41.5 Å². The maximum Gasteiger partial charge on any atom is 0.224 e. The van der Waals surface area contributed by atoms with E-state index in [0.717, 1.165) is 15.9 Å². The van der Waals surface area contributed by atoms with Crippen LogP contribution < -0.4 is 10.6 Å². The van der Waals surface area contributed by atoms with E-state index in [-0.39, 0.29) is 0 Å². The molecule has 0 fully saturated rings. The largest absolute Gasteiger partial charge is 0.444 e. The van der Waals surface area contributed by atoms with E-state index in [9.17, 15) is 0 Å². The summed E-state index contributed by atoms with van der Waals surface area (Å²) in [6.07, 6.45) is 1.69. The van der Waals surface area contributed by atoms with Crippen molar-refractivity contribution >= 4 is 27.7 Å². The Bertz CT molecular complexity index is 535. The van der Waals surface area contributed by atoms with Crippen LogP contribution in [0.5, 0.6) is 0 Å². The molecule has 6 nitrogen and oxygen atoms in total. The molecule has 0 saturated heterocycles. The van der Waals surface area contributed by atoms with Gasteiger partial charge in [-0.25, -0.2) is 9.97 Å². The molecule has 2 rings (SSSR count). The average molecular weight is 312 g/mol. The SMILES string of the molecule is CNc1ncc(Br)c(NCc2nc(C)c(C)o2)n1. The van der Waals surface area contributed by atoms with Crippen molar-refractivity contribution in [2.45, 2.75) is 20.4 Å². The van der Waals surface area contributed by atoms with Gasteiger partial charge in [0.1, 0.15) is 11.6 Å². The van der Waals surface area contributed by atoms with Crippen molar-refractivity contribution in [1.29, 1.82) is 0 Å². The van der Waals surface area contributed by atoms with E-state index in [1.807, 2.05) is 13.8 Å². The van der Waals surface area contributed by atoms with Gasteiger partial charge >= 0.3 is 0 Å². The summed E-state index contributed by atoms with van der Waals surface area (Å²) < 4.78 is 6.28. The Kier molecular flexibility index (Phi) is 3.81. The van der Waals surface area contributed by atoms with Gasteiger partial charge in [0.25, 0.3) is 0 Å². The van der Waals surface area contributed by atoms with Crippen molar-refractivity contribution in [2.75, 3.05) is 17.7 Å². The summed E-state index contributed by atoms with van der Waals surface area (Å²) in [5, 5.41) is 6.03. The van der Waals surface area contributed by atoms with Gasteiger partial charge in [-0.2, -0.15) is 4.98 Å². The minimum Gasteiger partial charge on any atom is -0.444 e. The van der Waals surface area contributed by atoms with Crippen LogP contribution in [0.15, 0.2) is 15.1 Å². The standard InChI is InChI=1S/C11H14BrN5O/c1-6-7(2)18-9(16-6)5-14-10-8(12)4-15-11(13-3)17-10/h4H,5H2,1-3H3,(H2,13,14,15,17). The second-order valence-electron chi connectivity index (χ2n) is 3.74. The molecule has 0 radical (unpaired) electrons. The van der Waals surface area contributed by atoms with Crippen LogP contribution in [0.4, 0.5) is 11.8 Å². The molecule has 0 bridgehead atoms. The van der Waals surface area contributed by atoms with Crippen LogP contribution in [0.3, 0.4) is 0 Å². The molecule has 18 heavy (non-hydrogen) atoms. The maximum absolute atomic E-state index is 5.48. The van der Waals surface area contributed by atoms with Crippen molar-refractivity contribution in [3.8, 4) is 0 Å². The number of aryl methyl sites for hydroxylation is 2. The lowest BCUT2D eigenvalue weighted by molar-refractivity contribution is 0.478. The van der Waals surface area contributed by atoms with Crippen LogP contribution in [0.2, 0.25) is 0 Å². The fraction of sp³-hybridized carbons (Fsp3) is 0.364. The number of oxazole rings is 1. The fourth-order valence-corrected chi connectivity index (χ4v) is 1.72. The zero-order chi connectivity index (χ0) is 13.1. The number of anilines is 2. The molecule has 96 valence electrons.